The molecular formula is C19H22FNO6S2. The van der Waals surface area contributed by atoms with Gasteiger partial charge in [0.05, 0.1) is 28.8 Å². The molecule has 1 heterocycles. The van der Waals surface area contributed by atoms with Gasteiger partial charge >= 0.3 is 0 Å². The van der Waals surface area contributed by atoms with E-state index in [9.17, 15) is 21.2 Å². The molecule has 1 aliphatic rings. The second-order valence-electron chi connectivity index (χ2n) is 6.70. The van der Waals surface area contributed by atoms with Crippen LogP contribution in [0, 0.1) is 5.82 Å². The molecule has 7 nitrogen and oxygen atoms in total. The molecule has 1 N–H and O–H groups in total. The molecule has 0 bridgehead atoms. The summed E-state index contributed by atoms with van der Waals surface area (Å²) in [6.07, 6.45) is 0. The summed E-state index contributed by atoms with van der Waals surface area (Å²) < 4.78 is 73.7. The molecule has 0 unspecified atom stereocenters. The molecule has 0 saturated carbocycles. The summed E-state index contributed by atoms with van der Waals surface area (Å²) in [5.41, 5.74) is 0. The van der Waals surface area contributed by atoms with Crippen molar-refractivity contribution in [3.8, 4) is 11.5 Å². The molecule has 29 heavy (non-hydrogen) atoms. The molecule has 0 spiro atoms. The van der Waals surface area contributed by atoms with Gasteiger partial charge < -0.3 is 14.8 Å². The standard InChI is InChI=1S/C19H22FNO6S2/c1-26-15-4-6-16(7-5-15)27-11-10-21-18-12-28(22,23)13-19(18)29(24,25)17-8-2-14(20)3-9-17/h2-9,18-19,21H,10-13H2,1H3/t18-,19-/m1/s1. The maximum absolute atomic E-state index is 13.1. The summed E-state index contributed by atoms with van der Waals surface area (Å²) in [6, 6.07) is 10.6. The smallest absolute Gasteiger partial charge is 0.183 e. The van der Waals surface area contributed by atoms with Crippen molar-refractivity contribution in [1.29, 1.82) is 0 Å². The molecule has 0 aromatic heterocycles. The SMILES string of the molecule is COc1ccc(OCCN[C@@H]2CS(=O)(=O)C[C@H]2S(=O)(=O)c2ccc(F)cc2)cc1. The zero-order valence-corrected chi connectivity index (χ0v) is 17.4. The van der Waals surface area contributed by atoms with Gasteiger partial charge in [-0.15, -0.1) is 0 Å². The van der Waals surface area contributed by atoms with Crippen molar-refractivity contribution < 1.29 is 30.7 Å². The molecule has 158 valence electrons. The number of ether oxygens (including phenoxy) is 2. The molecule has 1 aliphatic heterocycles. The van der Waals surface area contributed by atoms with E-state index in [0.29, 0.717) is 11.5 Å². The minimum absolute atomic E-state index is 0.0951. The lowest BCUT2D eigenvalue weighted by atomic mass is 10.2. The van der Waals surface area contributed by atoms with Crippen LogP contribution in [0.4, 0.5) is 4.39 Å². The topological polar surface area (TPSA) is 98.8 Å². The molecule has 2 aromatic rings. The van der Waals surface area contributed by atoms with E-state index in [2.05, 4.69) is 5.32 Å². The Morgan fingerprint density at radius 3 is 2.28 bits per heavy atom. The Labute approximate surface area is 169 Å². The second-order valence-corrected chi connectivity index (χ2v) is 11.0. The van der Waals surface area contributed by atoms with Crippen LogP contribution in [0.2, 0.25) is 0 Å². The molecule has 2 atom stereocenters. The van der Waals surface area contributed by atoms with E-state index in [1.54, 1.807) is 31.4 Å². The maximum Gasteiger partial charge on any atom is 0.183 e. The molecule has 0 amide bonds. The third kappa shape index (κ3) is 5.26. The van der Waals surface area contributed by atoms with E-state index < -0.39 is 42.5 Å². The number of benzene rings is 2. The minimum atomic E-state index is -3.94. The number of halogens is 1. The minimum Gasteiger partial charge on any atom is -0.497 e. The number of rotatable bonds is 8. The van der Waals surface area contributed by atoms with Crippen LogP contribution >= 0.6 is 0 Å². The van der Waals surface area contributed by atoms with Gasteiger partial charge in [0.15, 0.2) is 19.7 Å². The predicted molar refractivity (Wildman–Crippen MR) is 106 cm³/mol. The number of sulfone groups is 2. The lowest BCUT2D eigenvalue weighted by molar-refractivity contribution is 0.307. The molecule has 0 radical (unpaired) electrons. The van der Waals surface area contributed by atoms with Crippen molar-refractivity contribution in [1.82, 2.24) is 5.32 Å². The average molecular weight is 444 g/mol. The van der Waals surface area contributed by atoms with Gasteiger partial charge in [-0.05, 0) is 48.5 Å². The predicted octanol–water partition coefficient (Wildman–Crippen LogP) is 1.44. The zero-order valence-electron chi connectivity index (χ0n) is 15.7. The summed E-state index contributed by atoms with van der Waals surface area (Å²) in [5, 5.41) is 1.85. The maximum atomic E-state index is 13.1. The van der Waals surface area contributed by atoms with Crippen molar-refractivity contribution in [2.75, 3.05) is 31.8 Å². The second kappa shape index (κ2) is 8.68. The van der Waals surface area contributed by atoms with Gasteiger partial charge in [-0.25, -0.2) is 21.2 Å². The highest BCUT2D eigenvalue weighted by Crippen LogP contribution is 2.26. The highest BCUT2D eigenvalue weighted by Gasteiger charge is 2.45. The normalized spacial score (nSPS) is 21.0. The van der Waals surface area contributed by atoms with Crippen molar-refractivity contribution in [3.63, 3.8) is 0 Å². The van der Waals surface area contributed by atoms with E-state index in [4.69, 9.17) is 9.47 Å². The van der Waals surface area contributed by atoms with Gasteiger partial charge in [0.2, 0.25) is 0 Å². The van der Waals surface area contributed by atoms with Crippen LogP contribution in [0.3, 0.4) is 0 Å². The third-order valence-electron chi connectivity index (χ3n) is 4.68. The van der Waals surface area contributed by atoms with Crippen molar-refractivity contribution >= 4 is 19.7 Å². The van der Waals surface area contributed by atoms with E-state index in [-0.39, 0.29) is 23.8 Å². The monoisotopic (exact) mass is 443 g/mol. The van der Waals surface area contributed by atoms with Crippen LogP contribution in [0.5, 0.6) is 11.5 Å². The van der Waals surface area contributed by atoms with Crippen LogP contribution < -0.4 is 14.8 Å². The van der Waals surface area contributed by atoms with Crippen LogP contribution in [0.25, 0.3) is 0 Å². The van der Waals surface area contributed by atoms with Crippen LogP contribution in [-0.4, -0.2) is 59.9 Å². The first kappa shape index (κ1) is 21.5. The number of hydrogen-bond donors (Lipinski definition) is 1. The first-order chi connectivity index (χ1) is 13.7. The Balaban J connectivity index is 1.64. The summed E-state index contributed by atoms with van der Waals surface area (Å²) in [5.74, 6) is 0.000561. The van der Waals surface area contributed by atoms with Gasteiger partial charge in [0, 0.05) is 12.6 Å². The first-order valence-electron chi connectivity index (χ1n) is 8.91. The largest absolute Gasteiger partial charge is 0.497 e. The van der Waals surface area contributed by atoms with Gasteiger partial charge in [-0.2, -0.15) is 0 Å². The van der Waals surface area contributed by atoms with E-state index in [0.717, 1.165) is 24.3 Å². The number of nitrogens with one attached hydrogen (secondary N) is 1. The van der Waals surface area contributed by atoms with Gasteiger partial charge in [-0.1, -0.05) is 0 Å². The van der Waals surface area contributed by atoms with E-state index in [1.165, 1.54) is 0 Å². The number of hydrogen-bond acceptors (Lipinski definition) is 7. The molecular weight excluding hydrogens is 421 g/mol. The highest BCUT2D eigenvalue weighted by atomic mass is 32.2. The van der Waals surface area contributed by atoms with Crippen LogP contribution in [-0.2, 0) is 19.7 Å². The first-order valence-corrected chi connectivity index (χ1v) is 12.3. The number of methoxy groups -OCH3 is 1. The average Bonchev–Trinajstić information content (AvgIpc) is 3.01. The molecule has 0 aliphatic carbocycles. The Bertz CT molecular complexity index is 1040. The summed E-state index contributed by atoms with van der Waals surface area (Å²) in [4.78, 5) is -0.0951. The summed E-state index contributed by atoms with van der Waals surface area (Å²) in [7, 11) is -5.89. The van der Waals surface area contributed by atoms with Crippen molar-refractivity contribution in [2.24, 2.45) is 0 Å². The van der Waals surface area contributed by atoms with Gasteiger partial charge in [0.25, 0.3) is 0 Å². The van der Waals surface area contributed by atoms with Crippen molar-refractivity contribution in [2.45, 2.75) is 16.2 Å². The third-order valence-corrected chi connectivity index (χ3v) is 8.84. The summed E-state index contributed by atoms with van der Waals surface area (Å²) in [6.45, 7) is 0.494. The summed E-state index contributed by atoms with van der Waals surface area (Å²) >= 11 is 0. The Kier molecular flexibility index (Phi) is 6.45. The fraction of sp³-hybridized carbons (Fsp3) is 0.368. The van der Waals surface area contributed by atoms with Crippen molar-refractivity contribution in [3.05, 3.63) is 54.3 Å². The Morgan fingerprint density at radius 2 is 1.66 bits per heavy atom. The van der Waals surface area contributed by atoms with E-state index >= 15 is 0 Å². The lowest BCUT2D eigenvalue weighted by Crippen LogP contribution is -2.44. The molecule has 2 aromatic carbocycles. The molecule has 10 heteroatoms. The Hall–Kier alpha value is -2.17. The zero-order chi connectivity index (χ0) is 21.1. The van der Waals surface area contributed by atoms with Gasteiger partial charge in [-0.3, -0.25) is 0 Å². The van der Waals surface area contributed by atoms with Gasteiger partial charge in [0.1, 0.15) is 23.9 Å². The quantitative estimate of drug-likeness (QED) is 0.487. The molecule has 3 rings (SSSR count). The fourth-order valence-corrected chi connectivity index (χ4v) is 7.91. The van der Waals surface area contributed by atoms with E-state index in [1.807, 2.05) is 0 Å². The fourth-order valence-electron chi connectivity index (χ4n) is 3.20. The lowest BCUT2D eigenvalue weighted by Gasteiger charge is -2.20. The van der Waals surface area contributed by atoms with Crippen LogP contribution in [0.1, 0.15) is 0 Å². The molecule has 1 saturated heterocycles. The Morgan fingerprint density at radius 1 is 1.03 bits per heavy atom. The molecule has 1 fully saturated rings. The highest BCUT2D eigenvalue weighted by molar-refractivity contribution is 7.96. The van der Waals surface area contributed by atoms with Crippen LogP contribution in [0.15, 0.2) is 53.4 Å².